The second-order valence-electron chi connectivity index (χ2n) is 34.0. The lowest BCUT2D eigenvalue weighted by Crippen LogP contribution is -2.53. The number of hydrogen-bond donors (Lipinski definition) is 6. The number of nitrogens with one attached hydrogen (secondary N) is 3. The minimum atomic E-state index is -3.81. The number of ether oxygens (including phenoxy) is 3. The molecule has 2 aromatic carbocycles. The number of halogens is 10. The standard InChI is InChI=1S/C23H29BrClN3O4S3.C19H21BrClN3O3S2.C17H20BrClN4O4S2.C12H12BrClN4O2S2.C11H13BrClN3O2S2.5CH4/c1-22(2,3)34(29)27-23(4,20-18(25)17-11-12-26-21(24)19(17)33-20)14-35(30,31)28(5)13-15-7-9-16(32-6)10-8-15;1-19(22,17-15(21)14-8-9-23-18(20)16(14)28-17)11-29(25,26)24(2)10-12-4-6-13(27-3)7-5-12;1-16(2,3)27-15(24)21-14-22-17(4,8-29(25,26)23(14)5)12-10(19)9-6-7-20-13(18)11(9)28-12;1-12(5-22(19,20)18(2)11(15)17-12)9-7(14)6-3-4-16-10(13)8(6)21-9;1-11(14,5-20(17,18)15-2)9-7(13)6-3-4-16-10(12)8(6)19-9;;;;;/h7-12,27H,13-14H2,1-6H3;4-9H,10-11,22H2,1-3H3;6-7H,8H2,1-5H3,(H,21,22,24);3-4H,5H2,1-2H3,(H2,15,17);3-4,15H,5,14H2,1-2H3;5*1H4/t23-,34+;19-;17-;12-;11-;;;;;/m00000...../s1. The van der Waals surface area contributed by atoms with Crippen LogP contribution in [0.15, 0.2) is 143 Å². The lowest BCUT2D eigenvalue weighted by Gasteiger charge is -2.35. The summed E-state index contributed by atoms with van der Waals surface area (Å²) < 4.78 is 172. The molecule has 12 heterocycles. The van der Waals surface area contributed by atoms with E-state index in [1.54, 1.807) is 162 Å². The van der Waals surface area contributed by atoms with Gasteiger partial charge in [0.05, 0.1) is 134 Å². The number of carbonyl (C=O) groups is 1. The maximum Gasteiger partial charge on any atom is 0.414 e. The Morgan fingerprint density at radius 1 is 0.507 bits per heavy atom. The Kier molecular flexibility index (Phi) is 43.6. The van der Waals surface area contributed by atoms with Gasteiger partial charge in [0.1, 0.15) is 51.2 Å². The Bertz CT molecular complexity index is 7220. The number of nitrogens with two attached hydrogens (primary N) is 3. The van der Waals surface area contributed by atoms with Gasteiger partial charge in [-0.25, -0.2) is 113 Å². The Morgan fingerprint density at radius 2 is 0.821 bits per heavy atom. The Morgan fingerprint density at radius 3 is 1.14 bits per heavy atom. The van der Waals surface area contributed by atoms with Gasteiger partial charge < -0.3 is 31.4 Å². The van der Waals surface area contributed by atoms with Gasteiger partial charge >= 0.3 is 6.09 Å². The number of sulfonamides is 5. The molecule has 0 radical (unpaired) electrons. The molecule has 0 saturated heterocycles. The number of pyridine rings is 5. The van der Waals surface area contributed by atoms with E-state index in [9.17, 15) is 51.1 Å². The van der Waals surface area contributed by atoms with Crippen LogP contribution in [0.5, 0.6) is 11.5 Å². The SMILES string of the molecule is C.C.C.C.C.CN1C(N)=N[C@](C)(c2sc3c(Br)nccc3c2Cl)CS1(=O)=O.CN1C(NC(=O)OC(C)(C)C)=N[C@](C)(c2sc3c(Br)nccc3c2Cl)CS1(=O)=O.CNS(=O)(=O)C[C@](C)(N)c1sc2c(Br)nccc2c1Cl.COc1ccc(CN(C)S(=O)(=O)C[C@](C)(N)c2sc3c(Br)nccc3c2Cl)cc1.COc1ccc(CN(C)S(=O)(=O)C[C@](C)(N[S@](=O)C(C)(C)C)c2sc3c(Br)nccc3c2Cl)cc1. The van der Waals surface area contributed by atoms with Gasteiger partial charge in [-0.3, -0.25) is 5.32 Å². The van der Waals surface area contributed by atoms with Gasteiger partial charge in [-0.2, -0.15) is 0 Å². The van der Waals surface area contributed by atoms with Gasteiger partial charge in [-0.15, -0.1) is 56.7 Å². The average Bonchev–Trinajstić information content (AvgIpc) is 1.53. The van der Waals surface area contributed by atoms with Crippen LogP contribution in [0.3, 0.4) is 0 Å². The molecule has 6 atom stereocenters. The number of benzene rings is 2. The van der Waals surface area contributed by atoms with Crippen molar-refractivity contribution in [3.05, 3.63) is 193 Å². The number of hydrogen-bond acceptors (Lipinski definition) is 30. The molecule has 0 unspecified atom stereocenters. The molecule has 0 saturated carbocycles. The van der Waals surface area contributed by atoms with Crippen molar-refractivity contribution in [3.63, 3.8) is 0 Å². The van der Waals surface area contributed by atoms with Gasteiger partial charge in [-0.05, 0) is 229 Å². The van der Waals surface area contributed by atoms with Crippen LogP contribution in [0.4, 0.5) is 4.79 Å². The Labute approximate surface area is 910 Å². The first kappa shape index (κ1) is 126. The van der Waals surface area contributed by atoms with Crippen molar-refractivity contribution in [3.8, 4) is 11.5 Å². The topological polar surface area (TPSA) is 449 Å². The van der Waals surface area contributed by atoms with Crippen LogP contribution in [0.2, 0.25) is 25.1 Å². The van der Waals surface area contributed by atoms with Crippen LogP contribution in [-0.4, -0.2) is 195 Å². The first-order valence-electron chi connectivity index (χ1n) is 39.7. The zero-order valence-electron chi connectivity index (χ0n) is 75.4. The second kappa shape index (κ2) is 48.6. The molecule has 0 aliphatic carbocycles. The summed E-state index contributed by atoms with van der Waals surface area (Å²) in [7, 11) is -9.43. The summed E-state index contributed by atoms with van der Waals surface area (Å²) in [5.74, 6) is -0.0972. The first-order valence-corrected chi connectivity index (χ1v) is 58.8. The highest BCUT2D eigenvalue weighted by molar-refractivity contribution is 9.11. The summed E-state index contributed by atoms with van der Waals surface area (Å²) >= 11 is 56.5. The molecular weight excluding hydrogens is 2450 g/mol. The molecule has 9 N–H and O–H groups in total. The fourth-order valence-electron chi connectivity index (χ4n) is 13.4. The summed E-state index contributed by atoms with van der Waals surface area (Å²) in [4.78, 5) is 45.2. The highest BCUT2D eigenvalue weighted by atomic mass is 79.9. The van der Waals surface area contributed by atoms with E-state index >= 15 is 0 Å². The molecule has 0 spiro atoms. The van der Waals surface area contributed by atoms with Crippen molar-refractivity contribution >= 4 is 324 Å². The quantitative estimate of drug-likeness (QED) is 0.0343. The number of nitrogens with zero attached hydrogens (tertiary/aromatic N) is 11. The van der Waals surface area contributed by atoms with Crippen molar-refractivity contribution in [1.82, 2.24) is 56.9 Å². The largest absolute Gasteiger partial charge is 0.497 e. The van der Waals surface area contributed by atoms with Crippen LogP contribution in [0, 0.1) is 0 Å². The second-order valence-corrected chi connectivity index (χ2v) is 56.8. The van der Waals surface area contributed by atoms with Crippen LogP contribution in [0.25, 0.3) is 50.4 Å². The molecule has 0 bridgehead atoms. The fourth-order valence-corrected chi connectivity index (χ4v) is 33.2. The predicted molar refractivity (Wildman–Crippen MR) is 602 cm³/mol. The molecule has 32 nitrogen and oxygen atoms in total. The summed E-state index contributed by atoms with van der Waals surface area (Å²) in [6.07, 6.45) is 7.36. The number of methoxy groups -OCH3 is 2. The molecule has 1 amide bonds. The fraction of sp³-hybridized carbons (Fsp3) is 0.425. The highest BCUT2D eigenvalue weighted by Gasteiger charge is 2.48. The van der Waals surface area contributed by atoms with Gasteiger partial charge in [0, 0.05) is 114 Å². The van der Waals surface area contributed by atoms with E-state index in [2.05, 4.69) is 129 Å². The smallest absolute Gasteiger partial charge is 0.414 e. The van der Waals surface area contributed by atoms with Gasteiger partial charge in [0.25, 0.3) is 0 Å². The molecule has 774 valence electrons. The van der Waals surface area contributed by atoms with E-state index in [4.69, 9.17) is 89.4 Å². The molecule has 2 aliphatic heterocycles. The molecular formula is C87H115Br5Cl5N17O15S11. The van der Waals surface area contributed by atoms with E-state index < -0.39 is 105 Å². The van der Waals surface area contributed by atoms with Crippen molar-refractivity contribution in [2.24, 2.45) is 27.2 Å². The first-order chi connectivity index (χ1) is 62.3. The van der Waals surface area contributed by atoms with E-state index in [0.29, 0.717) is 84.0 Å². The van der Waals surface area contributed by atoms with E-state index in [0.717, 1.165) is 70.2 Å². The normalized spacial score (nSPS) is 17.4. The number of carbonyl (C=O) groups excluding carboxylic acids is 1. The lowest BCUT2D eigenvalue weighted by atomic mass is 10.0. The molecule has 10 aromatic heterocycles. The number of thiophene rings is 5. The third-order valence-electron chi connectivity index (χ3n) is 20.4. The van der Waals surface area contributed by atoms with Gasteiger partial charge in [0.15, 0.2) is 0 Å². The third-order valence-corrected chi connectivity index (χ3v) is 46.0. The Balaban J connectivity index is 0.000000309. The summed E-state index contributed by atoms with van der Waals surface area (Å²) in [6.45, 7) is 19.5. The van der Waals surface area contributed by atoms with E-state index in [1.807, 2.05) is 45.0 Å². The maximum absolute atomic E-state index is 13.6. The number of aromatic nitrogens is 5. The van der Waals surface area contributed by atoms with Crippen molar-refractivity contribution in [2.45, 2.75) is 164 Å². The minimum Gasteiger partial charge on any atom is -0.497 e. The summed E-state index contributed by atoms with van der Waals surface area (Å²) in [5.41, 5.74) is 13.7. The van der Waals surface area contributed by atoms with E-state index in [1.165, 1.54) is 93.5 Å². The van der Waals surface area contributed by atoms with Gasteiger partial charge in [0.2, 0.25) is 62.0 Å². The van der Waals surface area contributed by atoms with Crippen LogP contribution in [-0.2, 0) is 107 Å². The van der Waals surface area contributed by atoms with Crippen molar-refractivity contribution < 1.29 is 65.3 Å². The van der Waals surface area contributed by atoms with E-state index in [-0.39, 0.29) is 90.9 Å². The average molecular weight is 2570 g/mol. The van der Waals surface area contributed by atoms with Crippen LogP contribution >= 0.6 is 194 Å². The summed E-state index contributed by atoms with van der Waals surface area (Å²) in [6, 6.07) is 23.4. The van der Waals surface area contributed by atoms with Crippen LogP contribution < -0.4 is 41.4 Å². The lowest BCUT2D eigenvalue weighted by molar-refractivity contribution is 0.0558. The predicted octanol–water partition coefficient (Wildman–Crippen LogP) is 22.0. The highest BCUT2D eigenvalue weighted by Crippen LogP contribution is 2.51. The molecule has 14 rings (SSSR count). The summed E-state index contributed by atoms with van der Waals surface area (Å²) in [5, 5.41) is 8.64. The number of rotatable bonds is 22. The number of alkyl carbamates (subject to hydrolysis) is 1. The molecule has 140 heavy (non-hydrogen) atoms. The van der Waals surface area contributed by atoms with Gasteiger partial charge in [-0.1, -0.05) is 119 Å². The molecule has 2 aliphatic rings. The Hall–Kier alpha value is -4.89. The van der Waals surface area contributed by atoms with Crippen molar-refractivity contribution in [2.75, 3.05) is 78.2 Å². The van der Waals surface area contributed by atoms with Crippen LogP contribution in [0.1, 0.15) is 149 Å². The van der Waals surface area contributed by atoms with Crippen molar-refractivity contribution in [1.29, 1.82) is 0 Å². The third kappa shape index (κ3) is 29.2. The molecule has 0 fully saturated rings. The molecule has 53 heteroatoms. The number of amides is 1. The zero-order valence-corrected chi connectivity index (χ0v) is 96.1. The monoisotopic (exact) mass is 2560 g/mol. The number of guanidine groups is 2. The minimum absolute atomic E-state index is 0. The molecule has 12 aromatic rings. The number of aliphatic imine (C=N–C) groups is 2. The number of fused-ring (bicyclic) bond motifs is 5. The maximum atomic E-state index is 13.6. The zero-order chi connectivity index (χ0) is 101.